The second-order valence-electron chi connectivity index (χ2n) is 4.24. The molecule has 0 saturated carbocycles. The van der Waals surface area contributed by atoms with E-state index in [1.54, 1.807) is 18.4 Å². The summed E-state index contributed by atoms with van der Waals surface area (Å²) in [5.41, 5.74) is 8.05. The highest BCUT2D eigenvalue weighted by molar-refractivity contribution is 7.07. The normalized spacial score (nSPS) is 10.4. The average Bonchev–Trinajstić information content (AvgIpc) is 2.94. The molecular weight excluding hydrogens is 258 g/mol. The number of benzene rings is 1. The Kier molecular flexibility index (Phi) is 5.24. The van der Waals surface area contributed by atoms with Gasteiger partial charge < -0.3 is 15.2 Å². The molecule has 0 spiro atoms. The highest BCUT2D eigenvalue weighted by atomic mass is 32.1. The zero-order valence-electron chi connectivity index (χ0n) is 11.1. The lowest BCUT2D eigenvalue weighted by Gasteiger charge is -2.12. The number of thiophene rings is 1. The average molecular weight is 277 g/mol. The van der Waals surface area contributed by atoms with Crippen molar-refractivity contribution in [3.63, 3.8) is 0 Å². The van der Waals surface area contributed by atoms with Crippen LogP contribution in [0.4, 0.5) is 0 Å². The van der Waals surface area contributed by atoms with Crippen LogP contribution in [0.2, 0.25) is 0 Å². The predicted molar refractivity (Wildman–Crippen MR) is 79.3 cm³/mol. The highest BCUT2D eigenvalue weighted by Crippen LogP contribution is 2.24. The Morgan fingerprint density at radius 1 is 1.21 bits per heavy atom. The van der Waals surface area contributed by atoms with Crippen LogP contribution in [0.1, 0.15) is 11.1 Å². The number of hydrogen-bond donors (Lipinski definition) is 1. The molecule has 0 aliphatic heterocycles. The van der Waals surface area contributed by atoms with Crippen molar-refractivity contribution in [3.05, 3.63) is 46.2 Å². The van der Waals surface area contributed by atoms with Crippen molar-refractivity contribution in [1.82, 2.24) is 0 Å². The zero-order valence-corrected chi connectivity index (χ0v) is 11.9. The van der Waals surface area contributed by atoms with Crippen LogP contribution in [-0.2, 0) is 12.8 Å². The van der Waals surface area contributed by atoms with Gasteiger partial charge in [0.1, 0.15) is 11.5 Å². The summed E-state index contributed by atoms with van der Waals surface area (Å²) in [6, 6.07) is 7.99. The van der Waals surface area contributed by atoms with Crippen LogP contribution in [-0.4, -0.2) is 20.3 Å². The molecule has 1 aromatic heterocycles. The standard InChI is InChI=1S/C15H19NO2S/c1-17-14-2-3-15(13(10-14)4-7-16)18-8-5-12-6-9-19-11-12/h2-3,6,9-11H,4-5,7-8,16H2,1H3. The predicted octanol–water partition coefficient (Wildman–Crippen LogP) is 2.88. The SMILES string of the molecule is COc1ccc(OCCc2ccsc2)c(CCN)c1. The quantitative estimate of drug-likeness (QED) is 0.846. The zero-order chi connectivity index (χ0) is 13.5. The van der Waals surface area contributed by atoms with E-state index >= 15 is 0 Å². The molecule has 0 radical (unpaired) electrons. The van der Waals surface area contributed by atoms with Crippen LogP contribution < -0.4 is 15.2 Å². The third kappa shape index (κ3) is 3.98. The van der Waals surface area contributed by atoms with Gasteiger partial charge in [-0.1, -0.05) is 0 Å². The monoisotopic (exact) mass is 277 g/mol. The molecule has 0 bridgehead atoms. The highest BCUT2D eigenvalue weighted by Gasteiger charge is 2.05. The minimum atomic E-state index is 0.605. The van der Waals surface area contributed by atoms with Crippen molar-refractivity contribution < 1.29 is 9.47 Å². The van der Waals surface area contributed by atoms with Crippen LogP contribution in [0.25, 0.3) is 0 Å². The van der Waals surface area contributed by atoms with Crippen molar-refractivity contribution in [2.24, 2.45) is 5.73 Å². The smallest absolute Gasteiger partial charge is 0.122 e. The Hall–Kier alpha value is -1.52. The summed E-state index contributed by atoms with van der Waals surface area (Å²) in [5.74, 6) is 1.75. The van der Waals surface area contributed by atoms with Crippen LogP contribution in [0.3, 0.4) is 0 Å². The van der Waals surface area contributed by atoms with Gasteiger partial charge in [0.2, 0.25) is 0 Å². The Balaban J connectivity index is 1.98. The third-order valence-electron chi connectivity index (χ3n) is 2.91. The molecule has 0 fully saturated rings. The molecule has 0 unspecified atom stereocenters. The summed E-state index contributed by atoms with van der Waals surface area (Å²) in [7, 11) is 1.67. The number of methoxy groups -OCH3 is 1. The summed E-state index contributed by atoms with van der Waals surface area (Å²) in [4.78, 5) is 0. The lowest BCUT2D eigenvalue weighted by atomic mass is 10.1. The number of hydrogen-bond acceptors (Lipinski definition) is 4. The van der Waals surface area contributed by atoms with Crippen molar-refractivity contribution in [1.29, 1.82) is 0 Å². The summed E-state index contributed by atoms with van der Waals surface area (Å²) >= 11 is 1.71. The first kappa shape index (κ1) is 13.9. The maximum Gasteiger partial charge on any atom is 0.122 e. The van der Waals surface area contributed by atoms with E-state index in [1.807, 2.05) is 18.2 Å². The summed E-state index contributed by atoms with van der Waals surface area (Å²) in [6.07, 6.45) is 1.72. The minimum Gasteiger partial charge on any atom is -0.497 e. The molecule has 0 amide bonds. The van der Waals surface area contributed by atoms with Gasteiger partial charge in [-0.05, 0) is 59.1 Å². The third-order valence-corrected chi connectivity index (χ3v) is 3.64. The molecular formula is C15H19NO2S. The Morgan fingerprint density at radius 3 is 2.79 bits per heavy atom. The molecule has 0 saturated heterocycles. The largest absolute Gasteiger partial charge is 0.497 e. The molecule has 4 heteroatoms. The van der Waals surface area contributed by atoms with E-state index < -0.39 is 0 Å². The Labute approximate surface area is 118 Å². The van der Waals surface area contributed by atoms with Crippen molar-refractivity contribution >= 4 is 11.3 Å². The van der Waals surface area contributed by atoms with Crippen LogP contribution in [0.15, 0.2) is 35.0 Å². The van der Waals surface area contributed by atoms with Gasteiger partial charge in [0, 0.05) is 6.42 Å². The van der Waals surface area contributed by atoms with Gasteiger partial charge in [0.05, 0.1) is 13.7 Å². The summed E-state index contributed by atoms with van der Waals surface area (Å²) in [5, 5.41) is 4.24. The van der Waals surface area contributed by atoms with E-state index in [4.69, 9.17) is 15.2 Å². The topological polar surface area (TPSA) is 44.5 Å². The fourth-order valence-corrected chi connectivity index (χ4v) is 2.59. The van der Waals surface area contributed by atoms with Gasteiger partial charge in [0.15, 0.2) is 0 Å². The Bertz CT molecular complexity index is 497. The summed E-state index contributed by atoms with van der Waals surface area (Å²) < 4.78 is 11.1. The van der Waals surface area contributed by atoms with E-state index in [2.05, 4.69) is 16.8 Å². The fraction of sp³-hybridized carbons (Fsp3) is 0.333. The maximum atomic E-state index is 5.86. The van der Waals surface area contributed by atoms with E-state index in [0.717, 1.165) is 29.9 Å². The van der Waals surface area contributed by atoms with E-state index in [-0.39, 0.29) is 0 Å². The van der Waals surface area contributed by atoms with E-state index in [0.29, 0.717) is 13.2 Å². The van der Waals surface area contributed by atoms with Crippen molar-refractivity contribution in [2.75, 3.05) is 20.3 Å². The maximum absolute atomic E-state index is 5.86. The fourth-order valence-electron chi connectivity index (χ4n) is 1.89. The molecule has 3 nitrogen and oxygen atoms in total. The van der Waals surface area contributed by atoms with E-state index in [9.17, 15) is 0 Å². The van der Waals surface area contributed by atoms with Crippen molar-refractivity contribution in [3.8, 4) is 11.5 Å². The number of rotatable bonds is 7. The molecule has 2 rings (SSSR count). The first-order valence-electron chi connectivity index (χ1n) is 6.34. The second kappa shape index (κ2) is 7.16. The molecule has 2 aromatic rings. The van der Waals surface area contributed by atoms with Gasteiger partial charge in [-0.15, -0.1) is 0 Å². The lowest BCUT2D eigenvalue weighted by molar-refractivity contribution is 0.317. The van der Waals surface area contributed by atoms with Crippen LogP contribution in [0.5, 0.6) is 11.5 Å². The molecule has 0 aliphatic rings. The first-order chi connectivity index (χ1) is 9.33. The molecule has 1 aromatic carbocycles. The first-order valence-corrected chi connectivity index (χ1v) is 7.28. The molecule has 2 N–H and O–H groups in total. The number of ether oxygens (including phenoxy) is 2. The molecule has 1 heterocycles. The van der Waals surface area contributed by atoms with Crippen molar-refractivity contribution in [2.45, 2.75) is 12.8 Å². The number of nitrogens with two attached hydrogens (primary N) is 1. The van der Waals surface area contributed by atoms with Gasteiger partial charge in [-0.2, -0.15) is 11.3 Å². The van der Waals surface area contributed by atoms with Crippen LogP contribution >= 0.6 is 11.3 Å². The Morgan fingerprint density at radius 2 is 2.11 bits per heavy atom. The van der Waals surface area contributed by atoms with Gasteiger partial charge in [0.25, 0.3) is 0 Å². The van der Waals surface area contributed by atoms with Gasteiger partial charge in [-0.25, -0.2) is 0 Å². The molecule has 0 atom stereocenters. The summed E-state index contributed by atoms with van der Waals surface area (Å²) in [6.45, 7) is 1.29. The van der Waals surface area contributed by atoms with Crippen LogP contribution in [0, 0.1) is 0 Å². The minimum absolute atomic E-state index is 0.605. The van der Waals surface area contributed by atoms with Gasteiger partial charge in [-0.3, -0.25) is 0 Å². The molecule has 0 aliphatic carbocycles. The lowest BCUT2D eigenvalue weighted by Crippen LogP contribution is -2.07. The van der Waals surface area contributed by atoms with E-state index in [1.165, 1.54) is 5.56 Å². The molecule has 102 valence electrons. The molecule has 19 heavy (non-hydrogen) atoms. The van der Waals surface area contributed by atoms with Gasteiger partial charge >= 0.3 is 0 Å². The second-order valence-corrected chi connectivity index (χ2v) is 5.02.